The SMILES string of the molecule is O=C(COc1ccccc1Br)N1CCN(S(=O)(=O)/C=C/c2ccccc2)CC1. The largest absolute Gasteiger partial charge is 0.483 e. The molecule has 1 aliphatic rings. The van der Waals surface area contributed by atoms with Crippen LogP contribution in [0, 0.1) is 0 Å². The topological polar surface area (TPSA) is 66.9 Å². The van der Waals surface area contributed by atoms with Crippen LogP contribution in [-0.2, 0) is 14.8 Å². The summed E-state index contributed by atoms with van der Waals surface area (Å²) in [4.78, 5) is 14.0. The normalized spacial score (nSPS) is 15.7. The summed E-state index contributed by atoms with van der Waals surface area (Å²) in [5.41, 5.74) is 0.823. The van der Waals surface area contributed by atoms with Gasteiger partial charge in [-0.05, 0) is 39.7 Å². The molecular formula is C20H21BrN2O4S. The fourth-order valence-corrected chi connectivity index (χ4v) is 4.37. The lowest BCUT2D eigenvalue weighted by Crippen LogP contribution is -2.51. The van der Waals surface area contributed by atoms with E-state index in [1.54, 1.807) is 17.0 Å². The molecule has 6 nitrogen and oxygen atoms in total. The zero-order valence-electron chi connectivity index (χ0n) is 15.2. The molecule has 0 unspecified atom stereocenters. The molecule has 0 spiro atoms. The van der Waals surface area contributed by atoms with E-state index < -0.39 is 10.0 Å². The first-order valence-corrected chi connectivity index (χ1v) is 11.1. The van der Waals surface area contributed by atoms with Crippen molar-refractivity contribution in [2.45, 2.75) is 0 Å². The first-order valence-electron chi connectivity index (χ1n) is 8.84. The van der Waals surface area contributed by atoms with E-state index in [0.29, 0.717) is 18.8 Å². The minimum absolute atomic E-state index is 0.0801. The lowest BCUT2D eigenvalue weighted by molar-refractivity contribution is -0.134. The smallest absolute Gasteiger partial charge is 0.260 e. The number of piperazine rings is 1. The van der Waals surface area contributed by atoms with E-state index >= 15 is 0 Å². The van der Waals surface area contributed by atoms with Gasteiger partial charge in [0, 0.05) is 31.6 Å². The zero-order chi connectivity index (χ0) is 20.0. The highest BCUT2D eigenvalue weighted by atomic mass is 79.9. The first kappa shape index (κ1) is 20.6. The molecule has 1 fully saturated rings. The summed E-state index contributed by atoms with van der Waals surface area (Å²) in [6.45, 7) is 1.14. The van der Waals surface area contributed by atoms with Gasteiger partial charge < -0.3 is 9.64 Å². The molecule has 3 rings (SSSR count). The van der Waals surface area contributed by atoms with E-state index in [0.717, 1.165) is 10.0 Å². The lowest BCUT2D eigenvalue weighted by Gasteiger charge is -2.33. The van der Waals surface area contributed by atoms with Crippen LogP contribution in [0.2, 0.25) is 0 Å². The number of carbonyl (C=O) groups is 1. The van der Waals surface area contributed by atoms with E-state index in [1.807, 2.05) is 48.5 Å². The monoisotopic (exact) mass is 464 g/mol. The van der Waals surface area contributed by atoms with Crippen molar-refractivity contribution < 1.29 is 17.9 Å². The molecule has 0 bridgehead atoms. The number of ether oxygens (including phenoxy) is 1. The van der Waals surface area contributed by atoms with Crippen LogP contribution in [0.1, 0.15) is 5.56 Å². The quantitative estimate of drug-likeness (QED) is 0.658. The number of carbonyl (C=O) groups excluding carboxylic acids is 1. The number of hydrogen-bond acceptors (Lipinski definition) is 4. The van der Waals surface area contributed by atoms with Crippen molar-refractivity contribution in [2.75, 3.05) is 32.8 Å². The summed E-state index contributed by atoms with van der Waals surface area (Å²) in [7, 11) is -3.51. The first-order chi connectivity index (χ1) is 13.5. The van der Waals surface area contributed by atoms with Crippen molar-refractivity contribution in [3.05, 3.63) is 70.0 Å². The van der Waals surface area contributed by atoms with Crippen LogP contribution >= 0.6 is 15.9 Å². The maximum Gasteiger partial charge on any atom is 0.260 e. The zero-order valence-corrected chi connectivity index (χ0v) is 17.6. The Kier molecular flexibility index (Phi) is 6.88. The highest BCUT2D eigenvalue weighted by Crippen LogP contribution is 2.23. The molecule has 0 N–H and O–H groups in total. The molecule has 148 valence electrons. The van der Waals surface area contributed by atoms with Crippen molar-refractivity contribution in [3.63, 3.8) is 0 Å². The van der Waals surface area contributed by atoms with Gasteiger partial charge in [-0.25, -0.2) is 8.42 Å². The number of nitrogens with zero attached hydrogens (tertiary/aromatic N) is 2. The molecule has 0 saturated carbocycles. The van der Waals surface area contributed by atoms with E-state index in [-0.39, 0.29) is 25.6 Å². The minimum Gasteiger partial charge on any atom is -0.483 e. The standard InChI is InChI=1S/C20H21BrN2O4S/c21-18-8-4-5-9-19(18)27-16-20(24)22-11-13-23(14-12-22)28(25,26)15-10-17-6-2-1-3-7-17/h1-10,15H,11-14,16H2/b15-10+. The molecule has 0 aliphatic carbocycles. The van der Waals surface area contributed by atoms with Crippen LogP contribution in [0.3, 0.4) is 0 Å². The second-order valence-electron chi connectivity index (χ2n) is 6.26. The number of sulfonamides is 1. The lowest BCUT2D eigenvalue weighted by atomic mass is 10.2. The van der Waals surface area contributed by atoms with Crippen LogP contribution in [0.25, 0.3) is 6.08 Å². The molecule has 0 atom stereocenters. The highest BCUT2D eigenvalue weighted by molar-refractivity contribution is 9.10. The molecule has 0 aromatic heterocycles. The Labute approximate surface area is 173 Å². The van der Waals surface area contributed by atoms with Crippen molar-refractivity contribution in [1.82, 2.24) is 9.21 Å². The Balaban J connectivity index is 1.51. The van der Waals surface area contributed by atoms with Gasteiger partial charge in [-0.15, -0.1) is 0 Å². The summed E-state index contributed by atoms with van der Waals surface area (Å²) in [5.74, 6) is 0.441. The van der Waals surface area contributed by atoms with Crippen molar-refractivity contribution >= 4 is 37.9 Å². The predicted octanol–water partition coefficient (Wildman–Crippen LogP) is 2.97. The summed E-state index contributed by atoms with van der Waals surface area (Å²) >= 11 is 3.37. The second kappa shape index (κ2) is 9.36. The van der Waals surface area contributed by atoms with Gasteiger partial charge >= 0.3 is 0 Å². The summed E-state index contributed by atoms with van der Waals surface area (Å²) < 4.78 is 32.7. The number of hydrogen-bond donors (Lipinski definition) is 0. The summed E-state index contributed by atoms with van der Waals surface area (Å²) in [5, 5.41) is 1.22. The van der Waals surface area contributed by atoms with Crippen molar-refractivity contribution in [3.8, 4) is 5.75 Å². The van der Waals surface area contributed by atoms with Gasteiger partial charge in [-0.2, -0.15) is 4.31 Å². The average molecular weight is 465 g/mol. The third kappa shape index (κ3) is 5.43. The fraction of sp³-hybridized carbons (Fsp3) is 0.250. The fourth-order valence-electron chi connectivity index (χ4n) is 2.80. The molecular weight excluding hydrogens is 444 g/mol. The molecule has 1 heterocycles. The van der Waals surface area contributed by atoms with Crippen LogP contribution in [0.15, 0.2) is 64.5 Å². The molecule has 2 aromatic carbocycles. The number of amides is 1. The molecule has 1 saturated heterocycles. The van der Waals surface area contributed by atoms with Gasteiger partial charge in [0.25, 0.3) is 5.91 Å². The van der Waals surface area contributed by atoms with E-state index in [1.165, 1.54) is 9.71 Å². The number of para-hydroxylation sites is 1. The second-order valence-corrected chi connectivity index (χ2v) is 8.93. The van der Waals surface area contributed by atoms with Crippen molar-refractivity contribution in [2.24, 2.45) is 0 Å². The third-order valence-electron chi connectivity index (χ3n) is 4.37. The van der Waals surface area contributed by atoms with E-state index in [9.17, 15) is 13.2 Å². The molecule has 28 heavy (non-hydrogen) atoms. The van der Waals surface area contributed by atoms with E-state index in [2.05, 4.69) is 15.9 Å². The third-order valence-corrected chi connectivity index (χ3v) is 6.59. The van der Waals surface area contributed by atoms with Gasteiger partial charge in [0.2, 0.25) is 10.0 Å². The highest BCUT2D eigenvalue weighted by Gasteiger charge is 2.27. The van der Waals surface area contributed by atoms with Crippen LogP contribution in [0.5, 0.6) is 5.75 Å². The number of rotatable bonds is 6. The van der Waals surface area contributed by atoms with E-state index in [4.69, 9.17) is 4.74 Å². The summed E-state index contributed by atoms with van der Waals surface area (Å²) in [6.07, 6.45) is 1.58. The Morgan fingerprint density at radius 1 is 1.00 bits per heavy atom. The van der Waals surface area contributed by atoms with Crippen LogP contribution in [0.4, 0.5) is 0 Å². The Bertz CT molecular complexity index is 940. The molecule has 8 heteroatoms. The average Bonchev–Trinajstić information content (AvgIpc) is 2.72. The molecule has 1 aliphatic heterocycles. The van der Waals surface area contributed by atoms with Crippen LogP contribution < -0.4 is 4.74 Å². The van der Waals surface area contributed by atoms with Gasteiger partial charge in [0.1, 0.15) is 5.75 Å². The van der Waals surface area contributed by atoms with Gasteiger partial charge in [0.15, 0.2) is 6.61 Å². The Morgan fingerprint density at radius 2 is 1.64 bits per heavy atom. The molecule has 1 amide bonds. The van der Waals surface area contributed by atoms with Gasteiger partial charge in [-0.1, -0.05) is 42.5 Å². The Hall–Kier alpha value is -2.16. The molecule has 2 aromatic rings. The minimum atomic E-state index is -3.51. The molecule has 0 radical (unpaired) electrons. The van der Waals surface area contributed by atoms with Crippen LogP contribution in [-0.4, -0.2) is 56.3 Å². The Morgan fingerprint density at radius 3 is 2.32 bits per heavy atom. The predicted molar refractivity (Wildman–Crippen MR) is 112 cm³/mol. The maximum absolute atomic E-state index is 12.5. The summed E-state index contributed by atoms with van der Waals surface area (Å²) in [6, 6.07) is 16.6. The number of benzene rings is 2. The maximum atomic E-state index is 12.5. The van der Waals surface area contributed by atoms with Gasteiger partial charge in [-0.3, -0.25) is 4.79 Å². The van der Waals surface area contributed by atoms with Crippen molar-refractivity contribution in [1.29, 1.82) is 0 Å². The number of halogens is 1. The van der Waals surface area contributed by atoms with Gasteiger partial charge in [0.05, 0.1) is 4.47 Å².